The first kappa shape index (κ1) is 17.6. The summed E-state index contributed by atoms with van der Waals surface area (Å²) in [4.78, 5) is 12.1. The summed E-state index contributed by atoms with van der Waals surface area (Å²) in [5.74, 6) is 1.34. The molecule has 2 atom stereocenters. The predicted octanol–water partition coefficient (Wildman–Crippen LogP) is 1.87. The van der Waals surface area contributed by atoms with Crippen molar-refractivity contribution in [2.45, 2.75) is 31.8 Å². The minimum absolute atomic E-state index is 0. The summed E-state index contributed by atoms with van der Waals surface area (Å²) < 4.78 is 10.4. The molecule has 0 aliphatic heterocycles. The van der Waals surface area contributed by atoms with Crippen LogP contribution in [0.5, 0.6) is 11.5 Å². The van der Waals surface area contributed by atoms with E-state index in [1.54, 1.807) is 14.2 Å². The molecule has 3 N–H and O–H groups in total. The number of rotatable bonds is 5. The largest absolute Gasteiger partial charge is 0.493 e. The van der Waals surface area contributed by atoms with E-state index in [-0.39, 0.29) is 30.3 Å². The van der Waals surface area contributed by atoms with Crippen molar-refractivity contribution in [3.05, 3.63) is 23.8 Å². The SMILES string of the molecule is COc1ccc(CNC(=O)C2CCCC2N)cc1OC.Cl. The van der Waals surface area contributed by atoms with Crippen molar-refractivity contribution in [1.29, 1.82) is 0 Å². The highest BCUT2D eigenvalue weighted by molar-refractivity contribution is 5.85. The molecule has 1 aromatic carbocycles. The molecule has 0 bridgehead atoms. The number of halogens is 1. The molecule has 1 aromatic rings. The van der Waals surface area contributed by atoms with Crippen molar-refractivity contribution in [3.63, 3.8) is 0 Å². The summed E-state index contributed by atoms with van der Waals surface area (Å²) in [6.07, 6.45) is 2.86. The number of benzene rings is 1. The number of methoxy groups -OCH3 is 2. The first-order valence-electron chi connectivity index (χ1n) is 6.90. The second-order valence-corrected chi connectivity index (χ2v) is 5.11. The van der Waals surface area contributed by atoms with Gasteiger partial charge < -0.3 is 20.5 Å². The van der Waals surface area contributed by atoms with Gasteiger partial charge in [-0.05, 0) is 30.5 Å². The van der Waals surface area contributed by atoms with E-state index in [2.05, 4.69) is 5.32 Å². The van der Waals surface area contributed by atoms with E-state index >= 15 is 0 Å². The predicted molar refractivity (Wildman–Crippen MR) is 84.0 cm³/mol. The van der Waals surface area contributed by atoms with E-state index in [1.165, 1.54) is 0 Å². The second-order valence-electron chi connectivity index (χ2n) is 5.11. The van der Waals surface area contributed by atoms with Crippen LogP contribution in [-0.2, 0) is 11.3 Å². The van der Waals surface area contributed by atoms with Crippen LogP contribution in [0.4, 0.5) is 0 Å². The number of nitrogens with one attached hydrogen (secondary N) is 1. The molecule has 0 saturated heterocycles. The zero-order valence-corrected chi connectivity index (χ0v) is 13.2. The van der Waals surface area contributed by atoms with Crippen molar-refractivity contribution < 1.29 is 14.3 Å². The van der Waals surface area contributed by atoms with Crippen LogP contribution < -0.4 is 20.5 Å². The molecule has 0 radical (unpaired) electrons. The number of amides is 1. The summed E-state index contributed by atoms with van der Waals surface area (Å²) in [6, 6.07) is 5.62. The quantitative estimate of drug-likeness (QED) is 0.870. The van der Waals surface area contributed by atoms with E-state index in [0.29, 0.717) is 18.0 Å². The van der Waals surface area contributed by atoms with Crippen molar-refractivity contribution in [2.24, 2.45) is 11.7 Å². The molecule has 0 heterocycles. The van der Waals surface area contributed by atoms with Crippen LogP contribution in [0.1, 0.15) is 24.8 Å². The average Bonchev–Trinajstić information content (AvgIpc) is 2.90. The van der Waals surface area contributed by atoms with Gasteiger partial charge in [-0.25, -0.2) is 0 Å². The Balaban J connectivity index is 0.00000220. The first-order chi connectivity index (χ1) is 9.65. The minimum Gasteiger partial charge on any atom is -0.493 e. The molecular formula is C15H23ClN2O3. The third-order valence-electron chi connectivity index (χ3n) is 3.82. The van der Waals surface area contributed by atoms with E-state index in [9.17, 15) is 4.79 Å². The molecule has 2 unspecified atom stereocenters. The fourth-order valence-electron chi connectivity index (χ4n) is 2.63. The van der Waals surface area contributed by atoms with Crippen LogP contribution in [0.3, 0.4) is 0 Å². The highest BCUT2D eigenvalue weighted by Gasteiger charge is 2.29. The molecule has 118 valence electrons. The van der Waals surface area contributed by atoms with E-state index in [0.717, 1.165) is 24.8 Å². The molecule has 0 aromatic heterocycles. The van der Waals surface area contributed by atoms with Gasteiger partial charge >= 0.3 is 0 Å². The smallest absolute Gasteiger partial charge is 0.224 e. The average molecular weight is 315 g/mol. The van der Waals surface area contributed by atoms with Crippen molar-refractivity contribution in [2.75, 3.05) is 14.2 Å². The van der Waals surface area contributed by atoms with Crippen LogP contribution in [-0.4, -0.2) is 26.2 Å². The summed E-state index contributed by atoms with van der Waals surface area (Å²) in [6.45, 7) is 0.475. The molecule has 1 fully saturated rings. The number of hydrogen-bond acceptors (Lipinski definition) is 4. The summed E-state index contributed by atoms with van der Waals surface area (Å²) >= 11 is 0. The van der Waals surface area contributed by atoms with E-state index in [4.69, 9.17) is 15.2 Å². The molecule has 21 heavy (non-hydrogen) atoms. The normalized spacial score (nSPS) is 20.5. The Bertz CT molecular complexity index is 482. The van der Waals surface area contributed by atoms with Gasteiger partial charge in [0.25, 0.3) is 0 Å². The maximum absolute atomic E-state index is 12.1. The summed E-state index contributed by atoms with van der Waals surface area (Å²) in [5.41, 5.74) is 6.91. The van der Waals surface area contributed by atoms with Crippen LogP contribution in [0.25, 0.3) is 0 Å². The Morgan fingerprint density at radius 2 is 2.00 bits per heavy atom. The lowest BCUT2D eigenvalue weighted by atomic mass is 10.0. The van der Waals surface area contributed by atoms with Gasteiger partial charge in [0.2, 0.25) is 5.91 Å². The Labute approximate surface area is 131 Å². The Hall–Kier alpha value is -1.46. The molecule has 0 spiro atoms. The van der Waals surface area contributed by atoms with Gasteiger partial charge in [-0.3, -0.25) is 4.79 Å². The fraction of sp³-hybridized carbons (Fsp3) is 0.533. The lowest BCUT2D eigenvalue weighted by Crippen LogP contribution is -2.38. The highest BCUT2D eigenvalue weighted by Crippen LogP contribution is 2.28. The fourth-order valence-corrected chi connectivity index (χ4v) is 2.63. The first-order valence-corrected chi connectivity index (χ1v) is 6.90. The third kappa shape index (κ3) is 4.25. The molecule has 6 heteroatoms. The summed E-state index contributed by atoms with van der Waals surface area (Å²) in [5, 5.41) is 2.94. The van der Waals surface area contributed by atoms with Crippen molar-refractivity contribution in [3.8, 4) is 11.5 Å². The van der Waals surface area contributed by atoms with Gasteiger partial charge in [0.05, 0.1) is 20.1 Å². The molecule has 1 saturated carbocycles. The second kappa shape index (κ2) is 8.10. The zero-order valence-electron chi connectivity index (χ0n) is 12.4. The molecular weight excluding hydrogens is 292 g/mol. The lowest BCUT2D eigenvalue weighted by molar-refractivity contribution is -0.125. The van der Waals surface area contributed by atoms with Gasteiger partial charge in [0, 0.05) is 12.6 Å². The molecule has 2 rings (SSSR count). The number of ether oxygens (including phenoxy) is 2. The van der Waals surface area contributed by atoms with Crippen LogP contribution >= 0.6 is 12.4 Å². The van der Waals surface area contributed by atoms with Gasteiger partial charge in [-0.15, -0.1) is 12.4 Å². The number of hydrogen-bond donors (Lipinski definition) is 2. The number of nitrogens with two attached hydrogens (primary N) is 1. The van der Waals surface area contributed by atoms with Crippen LogP contribution in [0.2, 0.25) is 0 Å². The molecule has 1 aliphatic carbocycles. The van der Waals surface area contributed by atoms with Gasteiger partial charge in [-0.1, -0.05) is 12.5 Å². The molecule has 1 amide bonds. The number of carbonyl (C=O) groups excluding carboxylic acids is 1. The van der Waals surface area contributed by atoms with Crippen molar-refractivity contribution >= 4 is 18.3 Å². The zero-order chi connectivity index (χ0) is 14.5. The number of carbonyl (C=O) groups is 1. The monoisotopic (exact) mass is 314 g/mol. The lowest BCUT2D eigenvalue weighted by Gasteiger charge is -2.15. The van der Waals surface area contributed by atoms with E-state index in [1.807, 2.05) is 18.2 Å². The van der Waals surface area contributed by atoms with Gasteiger partial charge in [0.15, 0.2) is 11.5 Å². The van der Waals surface area contributed by atoms with Gasteiger partial charge in [-0.2, -0.15) is 0 Å². The standard InChI is InChI=1S/C15H22N2O3.ClH/c1-19-13-7-6-10(8-14(13)20-2)9-17-15(18)11-4-3-5-12(11)16;/h6-8,11-12H,3-5,9,16H2,1-2H3,(H,17,18);1H. The Morgan fingerprint density at radius 3 is 2.57 bits per heavy atom. The van der Waals surface area contributed by atoms with Crippen LogP contribution in [0.15, 0.2) is 18.2 Å². The van der Waals surface area contributed by atoms with Gasteiger partial charge in [0.1, 0.15) is 0 Å². The third-order valence-corrected chi connectivity index (χ3v) is 3.82. The Morgan fingerprint density at radius 1 is 1.29 bits per heavy atom. The van der Waals surface area contributed by atoms with Crippen LogP contribution in [0, 0.1) is 5.92 Å². The molecule has 5 nitrogen and oxygen atoms in total. The molecule has 1 aliphatic rings. The van der Waals surface area contributed by atoms with Crippen molar-refractivity contribution in [1.82, 2.24) is 5.32 Å². The minimum atomic E-state index is -0.0462. The Kier molecular flexibility index (Phi) is 6.78. The maximum Gasteiger partial charge on any atom is 0.224 e. The maximum atomic E-state index is 12.1. The topological polar surface area (TPSA) is 73.6 Å². The van der Waals surface area contributed by atoms with E-state index < -0.39 is 0 Å². The highest BCUT2D eigenvalue weighted by atomic mass is 35.5. The summed E-state index contributed by atoms with van der Waals surface area (Å²) in [7, 11) is 3.19.